The molecule has 3 nitrogen and oxygen atoms in total. The van der Waals surface area contributed by atoms with Crippen LogP contribution in [0.3, 0.4) is 0 Å². The monoisotopic (exact) mass is 268 g/mol. The third kappa shape index (κ3) is 5.13. The number of hydrogen-bond donors (Lipinski definition) is 1. The lowest BCUT2D eigenvalue weighted by atomic mass is 9.78. The van der Waals surface area contributed by atoms with E-state index in [0.717, 1.165) is 58.0 Å². The Morgan fingerprint density at radius 2 is 1.74 bits per heavy atom. The van der Waals surface area contributed by atoms with Crippen LogP contribution in [0.2, 0.25) is 0 Å². The molecular weight excluding hydrogens is 236 g/mol. The van der Waals surface area contributed by atoms with Gasteiger partial charge in [-0.2, -0.15) is 0 Å². The first kappa shape index (κ1) is 16.5. The molecule has 0 aromatic rings. The first-order valence-electron chi connectivity index (χ1n) is 8.14. The standard InChI is InChI=1S/C16H32N2O/c1-4-6-10-18(11-7-5-2)16(19)14-8-9-15(17)13(3)12-14/h13-15H,4-12,17H2,1-3H3. The zero-order valence-electron chi connectivity index (χ0n) is 13.0. The molecule has 1 aliphatic carbocycles. The summed E-state index contributed by atoms with van der Waals surface area (Å²) >= 11 is 0. The van der Waals surface area contributed by atoms with E-state index in [4.69, 9.17) is 5.73 Å². The average Bonchev–Trinajstić information content (AvgIpc) is 2.41. The van der Waals surface area contributed by atoms with Gasteiger partial charge in [-0.1, -0.05) is 33.6 Å². The summed E-state index contributed by atoms with van der Waals surface area (Å²) in [4.78, 5) is 14.8. The fourth-order valence-electron chi connectivity index (χ4n) is 2.93. The van der Waals surface area contributed by atoms with Gasteiger partial charge in [0, 0.05) is 25.0 Å². The lowest BCUT2D eigenvalue weighted by Crippen LogP contribution is -2.43. The molecule has 1 aliphatic rings. The first-order valence-corrected chi connectivity index (χ1v) is 8.14. The molecule has 2 N–H and O–H groups in total. The Kier molecular flexibility index (Phi) is 7.44. The summed E-state index contributed by atoms with van der Waals surface area (Å²) in [6.45, 7) is 8.43. The van der Waals surface area contributed by atoms with Crippen LogP contribution < -0.4 is 5.73 Å². The van der Waals surface area contributed by atoms with Crippen LogP contribution in [0.1, 0.15) is 65.7 Å². The molecule has 0 aromatic carbocycles. The number of carbonyl (C=O) groups is 1. The number of nitrogens with zero attached hydrogens (tertiary/aromatic N) is 1. The fourth-order valence-corrected chi connectivity index (χ4v) is 2.93. The molecule has 0 heterocycles. The predicted molar refractivity (Wildman–Crippen MR) is 80.9 cm³/mol. The maximum atomic E-state index is 12.6. The van der Waals surface area contributed by atoms with Crippen LogP contribution in [0.4, 0.5) is 0 Å². The van der Waals surface area contributed by atoms with Gasteiger partial charge in [-0.25, -0.2) is 0 Å². The van der Waals surface area contributed by atoms with Crippen molar-refractivity contribution in [1.29, 1.82) is 0 Å². The molecule has 3 unspecified atom stereocenters. The van der Waals surface area contributed by atoms with Crippen LogP contribution in [-0.2, 0) is 4.79 Å². The molecule has 1 saturated carbocycles. The molecule has 0 saturated heterocycles. The molecule has 1 amide bonds. The first-order chi connectivity index (χ1) is 9.10. The van der Waals surface area contributed by atoms with Crippen molar-refractivity contribution in [2.75, 3.05) is 13.1 Å². The SMILES string of the molecule is CCCCN(CCCC)C(=O)C1CCC(N)C(C)C1. The second kappa shape index (κ2) is 8.57. The van der Waals surface area contributed by atoms with Crippen molar-refractivity contribution in [3.05, 3.63) is 0 Å². The molecule has 3 atom stereocenters. The lowest BCUT2D eigenvalue weighted by Gasteiger charge is -2.34. The molecule has 19 heavy (non-hydrogen) atoms. The fraction of sp³-hybridized carbons (Fsp3) is 0.938. The van der Waals surface area contributed by atoms with E-state index in [0.29, 0.717) is 17.9 Å². The third-order valence-electron chi connectivity index (χ3n) is 4.46. The Morgan fingerprint density at radius 3 is 2.21 bits per heavy atom. The van der Waals surface area contributed by atoms with Crippen LogP contribution in [-0.4, -0.2) is 29.9 Å². The zero-order chi connectivity index (χ0) is 14.3. The van der Waals surface area contributed by atoms with E-state index < -0.39 is 0 Å². The minimum Gasteiger partial charge on any atom is -0.342 e. The molecule has 0 aromatic heterocycles. The number of unbranched alkanes of at least 4 members (excludes halogenated alkanes) is 2. The molecule has 1 fully saturated rings. The van der Waals surface area contributed by atoms with Crippen molar-refractivity contribution in [3.8, 4) is 0 Å². The van der Waals surface area contributed by atoms with Gasteiger partial charge >= 0.3 is 0 Å². The van der Waals surface area contributed by atoms with E-state index in [1.807, 2.05) is 0 Å². The van der Waals surface area contributed by atoms with Crippen molar-refractivity contribution in [3.63, 3.8) is 0 Å². The number of nitrogens with two attached hydrogens (primary N) is 1. The Bertz CT molecular complexity index is 259. The van der Waals surface area contributed by atoms with Crippen molar-refractivity contribution in [2.45, 2.75) is 71.8 Å². The molecule has 0 radical (unpaired) electrons. The lowest BCUT2D eigenvalue weighted by molar-refractivity contribution is -0.137. The van der Waals surface area contributed by atoms with Gasteiger partial charge < -0.3 is 10.6 Å². The molecule has 3 heteroatoms. The summed E-state index contributed by atoms with van der Waals surface area (Å²) < 4.78 is 0. The summed E-state index contributed by atoms with van der Waals surface area (Å²) in [5.74, 6) is 1.10. The Morgan fingerprint density at radius 1 is 1.16 bits per heavy atom. The zero-order valence-corrected chi connectivity index (χ0v) is 13.0. The highest BCUT2D eigenvalue weighted by Gasteiger charge is 2.31. The molecular formula is C16H32N2O. The summed E-state index contributed by atoms with van der Waals surface area (Å²) in [5.41, 5.74) is 6.05. The third-order valence-corrected chi connectivity index (χ3v) is 4.46. The van der Waals surface area contributed by atoms with Gasteiger partial charge in [0.1, 0.15) is 0 Å². The summed E-state index contributed by atoms with van der Waals surface area (Å²) in [6.07, 6.45) is 7.53. The van der Waals surface area contributed by atoms with Gasteiger partial charge in [0.2, 0.25) is 5.91 Å². The normalized spacial score (nSPS) is 27.3. The van der Waals surface area contributed by atoms with E-state index in [-0.39, 0.29) is 5.92 Å². The topological polar surface area (TPSA) is 46.3 Å². The van der Waals surface area contributed by atoms with Gasteiger partial charge in [-0.15, -0.1) is 0 Å². The highest BCUT2D eigenvalue weighted by molar-refractivity contribution is 5.79. The maximum absolute atomic E-state index is 12.6. The summed E-state index contributed by atoms with van der Waals surface area (Å²) in [5, 5.41) is 0. The van der Waals surface area contributed by atoms with E-state index in [1.165, 1.54) is 0 Å². The van der Waals surface area contributed by atoms with E-state index >= 15 is 0 Å². The minimum atomic E-state index is 0.225. The highest BCUT2D eigenvalue weighted by atomic mass is 16.2. The van der Waals surface area contributed by atoms with Gasteiger partial charge in [-0.3, -0.25) is 4.79 Å². The number of amides is 1. The van der Waals surface area contributed by atoms with Gasteiger partial charge in [-0.05, 0) is 38.0 Å². The average molecular weight is 268 g/mol. The molecule has 0 bridgehead atoms. The van der Waals surface area contributed by atoms with Crippen LogP contribution in [0, 0.1) is 11.8 Å². The number of carbonyl (C=O) groups excluding carboxylic acids is 1. The second-order valence-corrected chi connectivity index (χ2v) is 6.18. The van der Waals surface area contributed by atoms with Crippen molar-refractivity contribution in [1.82, 2.24) is 4.90 Å². The van der Waals surface area contributed by atoms with Gasteiger partial charge in [0.15, 0.2) is 0 Å². The van der Waals surface area contributed by atoms with E-state index in [1.54, 1.807) is 0 Å². The van der Waals surface area contributed by atoms with Crippen molar-refractivity contribution in [2.24, 2.45) is 17.6 Å². The van der Waals surface area contributed by atoms with Crippen molar-refractivity contribution < 1.29 is 4.79 Å². The van der Waals surface area contributed by atoms with Crippen molar-refractivity contribution >= 4 is 5.91 Å². The van der Waals surface area contributed by atoms with Crippen LogP contribution in [0.15, 0.2) is 0 Å². The Labute approximate surface area is 118 Å². The summed E-state index contributed by atoms with van der Waals surface area (Å²) in [7, 11) is 0. The molecule has 0 aliphatic heterocycles. The molecule has 112 valence electrons. The van der Waals surface area contributed by atoms with E-state index in [2.05, 4.69) is 25.7 Å². The second-order valence-electron chi connectivity index (χ2n) is 6.18. The minimum absolute atomic E-state index is 0.225. The molecule has 0 spiro atoms. The Balaban J connectivity index is 2.54. The Hall–Kier alpha value is -0.570. The quantitative estimate of drug-likeness (QED) is 0.771. The number of hydrogen-bond acceptors (Lipinski definition) is 2. The van der Waals surface area contributed by atoms with Crippen LogP contribution in [0.25, 0.3) is 0 Å². The van der Waals surface area contributed by atoms with Gasteiger partial charge in [0.25, 0.3) is 0 Å². The maximum Gasteiger partial charge on any atom is 0.225 e. The predicted octanol–water partition coefficient (Wildman–Crippen LogP) is 3.18. The largest absolute Gasteiger partial charge is 0.342 e. The highest BCUT2D eigenvalue weighted by Crippen LogP contribution is 2.29. The smallest absolute Gasteiger partial charge is 0.225 e. The van der Waals surface area contributed by atoms with Gasteiger partial charge in [0.05, 0.1) is 0 Å². The number of rotatable bonds is 7. The van der Waals surface area contributed by atoms with E-state index in [9.17, 15) is 4.79 Å². The van der Waals surface area contributed by atoms with Crippen LogP contribution in [0.5, 0.6) is 0 Å². The summed E-state index contributed by atoms with van der Waals surface area (Å²) in [6, 6.07) is 0.295. The molecule has 1 rings (SSSR count). The van der Waals surface area contributed by atoms with Crippen LogP contribution >= 0.6 is 0 Å².